The first-order chi connectivity index (χ1) is 20.1. The number of halogens is 3. The molecule has 0 spiro atoms. The molecular weight excluding hydrogens is 549 g/mol. The maximum absolute atomic E-state index is 13.3. The minimum absolute atomic E-state index is 0.0277. The summed E-state index contributed by atoms with van der Waals surface area (Å²) < 4.78 is 45.4. The van der Waals surface area contributed by atoms with E-state index in [1.165, 1.54) is 34.1 Å². The number of hydrogen-bond acceptors (Lipinski definition) is 6. The van der Waals surface area contributed by atoms with E-state index >= 15 is 0 Å². The number of rotatable bonds is 8. The summed E-state index contributed by atoms with van der Waals surface area (Å²) in [6.45, 7) is -0.295. The number of anilines is 1. The number of allylic oxidation sites excluding steroid dienone is 2. The summed E-state index contributed by atoms with van der Waals surface area (Å²) in [6.07, 6.45) is 6.18. The van der Waals surface area contributed by atoms with Crippen LogP contribution in [0.5, 0.6) is 5.75 Å². The lowest BCUT2D eigenvalue weighted by molar-refractivity contribution is -0.166. The van der Waals surface area contributed by atoms with Crippen LogP contribution >= 0.6 is 0 Å². The summed E-state index contributed by atoms with van der Waals surface area (Å²) in [5.41, 5.74) is -1.56. The molecule has 6 atom stereocenters. The minimum Gasteiger partial charge on any atom is -0.484 e. The van der Waals surface area contributed by atoms with Gasteiger partial charge >= 0.3 is 11.8 Å². The Balaban J connectivity index is 0.974. The molecule has 2 aromatic carbocycles. The zero-order valence-electron chi connectivity index (χ0n) is 22.2. The van der Waals surface area contributed by atoms with Crippen LogP contribution in [-0.4, -0.2) is 41.9 Å². The molecule has 1 saturated heterocycles. The first-order valence-electron chi connectivity index (χ1n) is 13.7. The lowest BCUT2D eigenvalue weighted by atomic mass is 9.63. The molecule has 42 heavy (non-hydrogen) atoms. The Morgan fingerprint density at radius 2 is 1.60 bits per heavy atom. The van der Waals surface area contributed by atoms with Crippen molar-refractivity contribution >= 4 is 23.4 Å². The standard InChI is InChI=1S/C31H25F3N4O4/c1-2-13-37(15-17-3-5-18(6-4-17)30(35-36-30)31(32,33)34)25(39)16-42-20-9-7-19(8-10-20)38-28(40)26-21-11-12-22(24-14-23(21)24)27(26)29(38)41/h1,3-12,21-24,26-27H,13-16H2. The molecule has 4 aliphatic carbocycles. The monoisotopic (exact) mass is 574 g/mol. The van der Waals surface area contributed by atoms with Crippen LogP contribution in [0.4, 0.5) is 18.9 Å². The van der Waals surface area contributed by atoms with E-state index in [2.05, 4.69) is 28.3 Å². The fraction of sp³-hybridized carbons (Fsp3) is 0.387. The van der Waals surface area contributed by atoms with Gasteiger partial charge in [0.15, 0.2) is 6.61 Å². The molecule has 0 radical (unpaired) electrons. The number of hydrogen-bond donors (Lipinski definition) is 0. The molecule has 6 aliphatic rings. The molecule has 3 amide bonds. The fourth-order valence-corrected chi connectivity index (χ4v) is 6.99. The van der Waals surface area contributed by atoms with Crippen molar-refractivity contribution in [3.63, 3.8) is 0 Å². The summed E-state index contributed by atoms with van der Waals surface area (Å²) in [5.74, 6) is 2.83. The summed E-state index contributed by atoms with van der Waals surface area (Å²) in [4.78, 5) is 42.2. The third-order valence-corrected chi connectivity index (χ3v) is 9.18. The van der Waals surface area contributed by atoms with Crippen LogP contribution in [0.25, 0.3) is 0 Å². The molecule has 8 rings (SSSR count). The molecule has 3 fully saturated rings. The zero-order chi connectivity index (χ0) is 29.4. The smallest absolute Gasteiger partial charge is 0.442 e. The first kappa shape index (κ1) is 26.4. The van der Waals surface area contributed by atoms with E-state index in [-0.39, 0.29) is 60.7 Å². The van der Waals surface area contributed by atoms with Gasteiger partial charge < -0.3 is 9.64 Å². The van der Waals surface area contributed by atoms with Gasteiger partial charge in [0, 0.05) is 12.1 Å². The highest BCUT2D eigenvalue weighted by Gasteiger charge is 2.67. The Hall–Kier alpha value is -4.46. The number of alkyl halides is 3. The Kier molecular flexibility index (Phi) is 5.84. The van der Waals surface area contributed by atoms with E-state index in [4.69, 9.17) is 11.2 Å². The molecule has 2 aromatic rings. The maximum Gasteiger partial charge on any atom is 0.442 e. The predicted molar refractivity (Wildman–Crippen MR) is 142 cm³/mol. The highest BCUT2D eigenvalue weighted by Crippen LogP contribution is 2.65. The van der Waals surface area contributed by atoms with Crippen LogP contribution in [0, 0.1) is 47.9 Å². The molecule has 8 nitrogen and oxygen atoms in total. The molecule has 0 N–H and O–H groups in total. The van der Waals surface area contributed by atoms with Gasteiger partial charge in [0.05, 0.1) is 24.1 Å². The van der Waals surface area contributed by atoms with Crippen molar-refractivity contribution in [1.82, 2.24) is 4.90 Å². The number of terminal acetylenes is 1. The number of carbonyl (C=O) groups excluding carboxylic acids is 3. The van der Waals surface area contributed by atoms with Crippen molar-refractivity contribution in [3.8, 4) is 18.1 Å². The van der Waals surface area contributed by atoms with Crippen molar-refractivity contribution in [1.29, 1.82) is 0 Å². The Labute approximate surface area is 239 Å². The minimum atomic E-state index is -4.62. The van der Waals surface area contributed by atoms with Crippen LogP contribution in [-0.2, 0) is 26.6 Å². The van der Waals surface area contributed by atoms with Gasteiger partial charge in [-0.25, -0.2) is 0 Å². The quantitative estimate of drug-likeness (QED) is 0.264. The van der Waals surface area contributed by atoms with Crippen LogP contribution in [0.3, 0.4) is 0 Å². The third-order valence-electron chi connectivity index (χ3n) is 9.18. The largest absolute Gasteiger partial charge is 0.484 e. The molecule has 11 heteroatoms. The summed E-state index contributed by atoms with van der Waals surface area (Å²) in [6, 6.07) is 12.0. The summed E-state index contributed by atoms with van der Waals surface area (Å²) in [5, 5.41) is 6.39. The van der Waals surface area contributed by atoms with E-state index in [9.17, 15) is 27.6 Å². The van der Waals surface area contributed by atoms with Crippen LogP contribution in [0.15, 0.2) is 70.9 Å². The third kappa shape index (κ3) is 4.03. The number of amides is 3. The molecule has 2 saturated carbocycles. The van der Waals surface area contributed by atoms with Gasteiger partial charge in [-0.15, -0.1) is 16.7 Å². The second-order valence-corrected chi connectivity index (χ2v) is 11.5. The van der Waals surface area contributed by atoms with E-state index in [1.807, 2.05) is 0 Å². The van der Waals surface area contributed by atoms with Crippen LogP contribution in [0.2, 0.25) is 0 Å². The Bertz CT molecular complexity index is 1540. The second kappa shape index (κ2) is 9.28. The van der Waals surface area contributed by atoms with Crippen molar-refractivity contribution in [2.75, 3.05) is 18.1 Å². The average molecular weight is 575 g/mol. The summed E-state index contributed by atoms with van der Waals surface area (Å²) >= 11 is 0. The van der Waals surface area contributed by atoms with Crippen LogP contribution in [0.1, 0.15) is 17.5 Å². The molecule has 214 valence electrons. The Morgan fingerprint density at radius 1 is 1.00 bits per heavy atom. The molecule has 2 bridgehead atoms. The predicted octanol–water partition coefficient (Wildman–Crippen LogP) is 4.47. The van der Waals surface area contributed by atoms with E-state index < -0.39 is 17.7 Å². The molecule has 0 aromatic heterocycles. The van der Waals surface area contributed by atoms with Gasteiger partial charge in [-0.1, -0.05) is 42.3 Å². The lowest BCUT2D eigenvalue weighted by Crippen LogP contribution is -2.40. The van der Waals surface area contributed by atoms with Gasteiger partial charge in [-0.05, 0) is 59.9 Å². The van der Waals surface area contributed by atoms with Crippen molar-refractivity contribution in [3.05, 3.63) is 71.8 Å². The van der Waals surface area contributed by atoms with Crippen molar-refractivity contribution < 1.29 is 32.3 Å². The number of imide groups is 1. The fourth-order valence-electron chi connectivity index (χ4n) is 6.99. The van der Waals surface area contributed by atoms with Gasteiger partial charge in [0.2, 0.25) is 11.8 Å². The summed E-state index contributed by atoms with van der Waals surface area (Å²) in [7, 11) is 0. The SMILES string of the molecule is C#CCN(Cc1ccc(C2(C(F)(F)F)N=N2)cc1)C(=O)COc1ccc(N2C(=O)C3C4C=CC(C5CC45)C3C2=O)cc1. The number of ether oxygens (including phenoxy) is 1. The molecule has 2 aliphatic heterocycles. The van der Waals surface area contributed by atoms with Gasteiger partial charge in [0.1, 0.15) is 5.75 Å². The molecule has 6 unspecified atom stereocenters. The highest BCUT2D eigenvalue weighted by atomic mass is 19.4. The first-order valence-corrected chi connectivity index (χ1v) is 13.7. The van der Waals surface area contributed by atoms with E-state index in [1.54, 1.807) is 24.3 Å². The normalized spacial score (nSPS) is 29.1. The van der Waals surface area contributed by atoms with E-state index in [0.29, 0.717) is 28.8 Å². The second-order valence-electron chi connectivity index (χ2n) is 11.5. The molecular formula is C31H25F3N4O4. The van der Waals surface area contributed by atoms with Gasteiger partial charge in [-0.2, -0.15) is 13.2 Å². The van der Waals surface area contributed by atoms with E-state index in [0.717, 1.165) is 6.42 Å². The average Bonchev–Trinajstić information content (AvgIpc) is 3.90. The van der Waals surface area contributed by atoms with Crippen LogP contribution < -0.4 is 9.64 Å². The van der Waals surface area contributed by atoms with Crippen molar-refractivity contribution in [2.45, 2.75) is 24.8 Å². The van der Waals surface area contributed by atoms with Gasteiger partial charge in [0.25, 0.3) is 5.91 Å². The number of carbonyl (C=O) groups is 3. The topological polar surface area (TPSA) is 91.6 Å². The lowest BCUT2D eigenvalue weighted by Gasteiger charge is -2.37. The van der Waals surface area contributed by atoms with Gasteiger partial charge in [-0.3, -0.25) is 19.3 Å². The zero-order valence-corrected chi connectivity index (χ0v) is 22.2. The molecule has 2 heterocycles. The number of benzene rings is 2. The Morgan fingerprint density at radius 3 is 2.12 bits per heavy atom. The maximum atomic E-state index is 13.3. The van der Waals surface area contributed by atoms with Crippen molar-refractivity contribution in [2.24, 2.45) is 45.7 Å². The highest BCUT2D eigenvalue weighted by molar-refractivity contribution is 6.22. The number of nitrogens with zero attached hydrogens (tertiary/aromatic N) is 4.